The van der Waals surface area contributed by atoms with Crippen LogP contribution in [0.25, 0.3) is 0 Å². The predicted octanol–water partition coefficient (Wildman–Crippen LogP) is -0.624. The predicted molar refractivity (Wildman–Crippen MR) is 51.9 cm³/mol. The summed E-state index contributed by atoms with van der Waals surface area (Å²) >= 11 is 0. The molecule has 1 amide bonds. The summed E-state index contributed by atoms with van der Waals surface area (Å²) in [5.74, 6) is 2.08. The lowest BCUT2D eigenvalue weighted by Crippen LogP contribution is -2.39. The summed E-state index contributed by atoms with van der Waals surface area (Å²) in [5.41, 5.74) is 6.31. The smallest absolute Gasteiger partial charge is 0.238 e. The van der Waals surface area contributed by atoms with Crippen LogP contribution in [0.5, 0.6) is 0 Å². The Morgan fingerprint density at radius 3 is 3.21 bits per heavy atom. The second-order valence-electron chi connectivity index (χ2n) is 2.81. The molecule has 5 nitrogen and oxygen atoms in total. The van der Waals surface area contributed by atoms with Gasteiger partial charge in [-0.1, -0.05) is 0 Å². The summed E-state index contributed by atoms with van der Waals surface area (Å²) in [6.45, 7) is 0.386. The van der Waals surface area contributed by atoms with Crippen LogP contribution in [0.15, 0.2) is 12.3 Å². The molecule has 4 N–H and O–H groups in total. The maximum Gasteiger partial charge on any atom is 0.238 e. The number of aromatic amines is 1. The zero-order valence-electron chi connectivity index (χ0n) is 7.66. The first-order chi connectivity index (χ1) is 6.74. The van der Waals surface area contributed by atoms with E-state index in [0.717, 1.165) is 5.69 Å². The van der Waals surface area contributed by atoms with Gasteiger partial charge in [0.15, 0.2) is 0 Å². The van der Waals surface area contributed by atoms with Crippen molar-refractivity contribution in [2.75, 3.05) is 0 Å². The molecule has 14 heavy (non-hydrogen) atoms. The average molecular weight is 192 g/mol. The lowest BCUT2D eigenvalue weighted by atomic mass is 10.2. The van der Waals surface area contributed by atoms with Gasteiger partial charge in [0.2, 0.25) is 5.91 Å². The van der Waals surface area contributed by atoms with E-state index in [1.807, 2.05) is 0 Å². The molecular weight excluding hydrogens is 180 g/mol. The molecule has 0 fully saturated rings. The first kappa shape index (κ1) is 10.3. The molecule has 1 aromatic rings. The number of nitrogens with one attached hydrogen (secondary N) is 2. The Kier molecular flexibility index (Phi) is 3.70. The molecule has 0 radical (unpaired) electrons. The second-order valence-corrected chi connectivity index (χ2v) is 2.81. The second kappa shape index (κ2) is 5.04. The van der Waals surface area contributed by atoms with Crippen LogP contribution in [0.3, 0.4) is 0 Å². The van der Waals surface area contributed by atoms with Gasteiger partial charge in [-0.2, -0.15) is 5.10 Å². The van der Waals surface area contributed by atoms with Crippen molar-refractivity contribution in [3.8, 4) is 12.3 Å². The number of terminal acetylenes is 1. The van der Waals surface area contributed by atoms with Crippen molar-refractivity contribution in [3.05, 3.63) is 18.0 Å². The van der Waals surface area contributed by atoms with Crippen molar-refractivity contribution < 1.29 is 4.79 Å². The van der Waals surface area contributed by atoms with E-state index >= 15 is 0 Å². The lowest BCUT2D eigenvalue weighted by Gasteiger charge is -2.08. The van der Waals surface area contributed by atoms with Gasteiger partial charge in [-0.15, -0.1) is 12.3 Å². The summed E-state index contributed by atoms with van der Waals surface area (Å²) < 4.78 is 0. The highest BCUT2D eigenvalue weighted by atomic mass is 16.2. The van der Waals surface area contributed by atoms with Gasteiger partial charge in [0.05, 0.1) is 18.3 Å². The number of amides is 1. The van der Waals surface area contributed by atoms with E-state index in [1.165, 1.54) is 0 Å². The number of carbonyl (C=O) groups is 1. The Labute approximate surface area is 82.1 Å². The molecule has 1 rings (SSSR count). The minimum atomic E-state index is -0.636. The molecule has 1 atom stereocenters. The monoisotopic (exact) mass is 192 g/mol. The summed E-state index contributed by atoms with van der Waals surface area (Å²) in [5, 5.41) is 9.10. The number of carbonyl (C=O) groups excluding carboxylic acids is 1. The topological polar surface area (TPSA) is 83.8 Å². The van der Waals surface area contributed by atoms with Crippen molar-refractivity contribution in [1.82, 2.24) is 15.5 Å². The third-order valence-electron chi connectivity index (χ3n) is 1.69. The van der Waals surface area contributed by atoms with E-state index in [-0.39, 0.29) is 12.3 Å². The third-order valence-corrected chi connectivity index (χ3v) is 1.69. The summed E-state index contributed by atoms with van der Waals surface area (Å²) in [4.78, 5) is 11.3. The van der Waals surface area contributed by atoms with Gasteiger partial charge in [-0.3, -0.25) is 9.89 Å². The average Bonchev–Trinajstić information content (AvgIpc) is 2.67. The van der Waals surface area contributed by atoms with Crippen LogP contribution >= 0.6 is 0 Å². The van der Waals surface area contributed by atoms with Gasteiger partial charge in [0.1, 0.15) is 0 Å². The van der Waals surface area contributed by atoms with Crippen molar-refractivity contribution in [3.63, 3.8) is 0 Å². The Hall–Kier alpha value is -1.80. The molecule has 0 saturated carbocycles. The summed E-state index contributed by atoms with van der Waals surface area (Å²) in [6.07, 6.45) is 6.89. The van der Waals surface area contributed by atoms with Gasteiger partial charge < -0.3 is 11.1 Å². The molecule has 0 aliphatic heterocycles. The highest BCUT2D eigenvalue weighted by molar-refractivity contribution is 5.81. The maximum absolute atomic E-state index is 11.3. The molecule has 1 heterocycles. The molecule has 0 spiro atoms. The van der Waals surface area contributed by atoms with Crippen molar-refractivity contribution in [2.24, 2.45) is 5.73 Å². The van der Waals surface area contributed by atoms with Crippen LogP contribution in [-0.2, 0) is 11.3 Å². The Bertz CT molecular complexity index is 325. The molecule has 5 heteroatoms. The van der Waals surface area contributed by atoms with E-state index < -0.39 is 6.04 Å². The first-order valence-corrected chi connectivity index (χ1v) is 4.19. The summed E-state index contributed by atoms with van der Waals surface area (Å²) in [6, 6.07) is 1.13. The molecular formula is C9H12N4O. The molecule has 74 valence electrons. The van der Waals surface area contributed by atoms with Gasteiger partial charge in [-0.05, 0) is 6.07 Å². The van der Waals surface area contributed by atoms with Crippen LogP contribution in [-0.4, -0.2) is 22.1 Å². The third kappa shape index (κ3) is 2.92. The largest absolute Gasteiger partial charge is 0.349 e. The molecule has 0 saturated heterocycles. The standard InChI is InChI=1S/C9H12N4O/c1-2-3-8(10)9(14)11-6-7-4-5-12-13-7/h1,4-5,8H,3,6,10H2,(H,11,14)(H,12,13). The molecule has 0 aromatic carbocycles. The van der Waals surface area contributed by atoms with Gasteiger partial charge in [0.25, 0.3) is 0 Å². The number of H-pyrrole nitrogens is 1. The van der Waals surface area contributed by atoms with Gasteiger partial charge >= 0.3 is 0 Å². The fourth-order valence-electron chi connectivity index (χ4n) is 0.916. The maximum atomic E-state index is 11.3. The molecule has 1 aromatic heterocycles. The number of nitrogens with two attached hydrogens (primary N) is 1. The van der Waals surface area contributed by atoms with Crippen molar-refractivity contribution in [1.29, 1.82) is 0 Å². The van der Waals surface area contributed by atoms with Crippen molar-refractivity contribution >= 4 is 5.91 Å². The highest BCUT2D eigenvalue weighted by Gasteiger charge is 2.10. The zero-order chi connectivity index (χ0) is 10.4. The normalized spacial score (nSPS) is 11.7. The first-order valence-electron chi connectivity index (χ1n) is 4.19. The van der Waals surface area contributed by atoms with Gasteiger partial charge in [-0.25, -0.2) is 0 Å². The molecule has 0 aliphatic rings. The quantitative estimate of drug-likeness (QED) is 0.556. The van der Waals surface area contributed by atoms with Crippen molar-refractivity contribution in [2.45, 2.75) is 19.0 Å². The van der Waals surface area contributed by atoms with E-state index in [2.05, 4.69) is 21.4 Å². The van der Waals surface area contributed by atoms with Gasteiger partial charge in [0, 0.05) is 12.6 Å². The van der Waals surface area contributed by atoms with Crippen LogP contribution < -0.4 is 11.1 Å². The van der Waals surface area contributed by atoms with Crippen LogP contribution in [0.2, 0.25) is 0 Å². The number of hydrogen-bond donors (Lipinski definition) is 3. The number of aromatic nitrogens is 2. The highest BCUT2D eigenvalue weighted by Crippen LogP contribution is 1.91. The van der Waals surface area contributed by atoms with E-state index in [1.54, 1.807) is 12.3 Å². The SMILES string of the molecule is C#CCC(N)C(=O)NCc1ccn[nH]1. The van der Waals surface area contributed by atoms with E-state index in [4.69, 9.17) is 12.2 Å². The van der Waals surface area contributed by atoms with Crippen LogP contribution in [0, 0.1) is 12.3 Å². The number of rotatable bonds is 4. The fraction of sp³-hybridized carbons (Fsp3) is 0.333. The molecule has 1 unspecified atom stereocenters. The molecule has 0 bridgehead atoms. The lowest BCUT2D eigenvalue weighted by molar-refractivity contribution is -0.122. The number of nitrogens with zero attached hydrogens (tertiary/aromatic N) is 1. The Morgan fingerprint density at radius 1 is 1.86 bits per heavy atom. The van der Waals surface area contributed by atoms with E-state index in [9.17, 15) is 4.79 Å². The van der Waals surface area contributed by atoms with Crippen LogP contribution in [0.1, 0.15) is 12.1 Å². The van der Waals surface area contributed by atoms with E-state index in [0.29, 0.717) is 6.54 Å². The minimum absolute atomic E-state index is 0.245. The summed E-state index contributed by atoms with van der Waals surface area (Å²) in [7, 11) is 0. The zero-order valence-corrected chi connectivity index (χ0v) is 7.66. The minimum Gasteiger partial charge on any atom is -0.349 e. The molecule has 0 aliphatic carbocycles. The Balaban J connectivity index is 2.32. The fourth-order valence-corrected chi connectivity index (χ4v) is 0.916. The van der Waals surface area contributed by atoms with Crippen LogP contribution in [0.4, 0.5) is 0 Å². The number of hydrogen-bond acceptors (Lipinski definition) is 3. The Morgan fingerprint density at radius 2 is 2.64 bits per heavy atom.